The second kappa shape index (κ2) is 6.48. The van der Waals surface area contributed by atoms with Gasteiger partial charge < -0.3 is 20.6 Å². The predicted molar refractivity (Wildman–Crippen MR) is 96.4 cm³/mol. The van der Waals surface area contributed by atoms with Crippen LogP contribution in [-0.4, -0.2) is 25.8 Å². The average Bonchev–Trinajstić information content (AvgIpc) is 3.32. The quantitative estimate of drug-likeness (QED) is 0.451. The second-order valence-electron chi connectivity index (χ2n) is 5.54. The van der Waals surface area contributed by atoms with Crippen LogP contribution in [-0.2, 0) is 6.54 Å². The summed E-state index contributed by atoms with van der Waals surface area (Å²) in [4.78, 5) is 26.8. The van der Waals surface area contributed by atoms with Crippen LogP contribution in [0.5, 0.6) is 0 Å². The molecule has 7 nitrogen and oxygen atoms in total. The molecule has 3 aromatic heterocycles. The van der Waals surface area contributed by atoms with Crippen molar-refractivity contribution in [2.45, 2.75) is 6.54 Å². The molecule has 0 fully saturated rings. The molecule has 1 aromatic carbocycles. The molecule has 4 rings (SSSR count). The van der Waals surface area contributed by atoms with E-state index in [1.807, 2.05) is 30.3 Å². The van der Waals surface area contributed by atoms with E-state index in [1.54, 1.807) is 30.9 Å². The number of carbonyl (C=O) groups is 1. The molecule has 0 aliphatic carbocycles. The van der Waals surface area contributed by atoms with Crippen molar-refractivity contribution in [3.05, 3.63) is 72.3 Å². The van der Waals surface area contributed by atoms with Crippen LogP contribution in [0, 0.1) is 0 Å². The highest BCUT2D eigenvalue weighted by Crippen LogP contribution is 2.21. The molecule has 0 saturated heterocycles. The van der Waals surface area contributed by atoms with Crippen LogP contribution in [0.3, 0.4) is 0 Å². The van der Waals surface area contributed by atoms with Crippen molar-refractivity contribution in [2.24, 2.45) is 0 Å². The molecule has 0 saturated carbocycles. The van der Waals surface area contributed by atoms with Crippen LogP contribution < -0.4 is 10.6 Å². The van der Waals surface area contributed by atoms with Gasteiger partial charge in [-0.1, -0.05) is 12.1 Å². The normalized spacial score (nSPS) is 10.7. The third-order valence-electron chi connectivity index (χ3n) is 3.88. The first-order valence-corrected chi connectivity index (χ1v) is 7.85. The number of nitrogens with one attached hydrogen (secondary N) is 4. The first-order chi connectivity index (χ1) is 12.3. The number of rotatable bonds is 5. The van der Waals surface area contributed by atoms with Gasteiger partial charge in [0, 0.05) is 42.3 Å². The van der Waals surface area contributed by atoms with E-state index in [2.05, 4.69) is 30.6 Å². The minimum atomic E-state index is -0.153. The number of hydrogen-bond acceptors (Lipinski definition) is 4. The van der Waals surface area contributed by atoms with Crippen LogP contribution in [0.15, 0.2) is 61.2 Å². The number of anilines is 2. The third-order valence-corrected chi connectivity index (χ3v) is 3.88. The lowest BCUT2D eigenvalue weighted by Crippen LogP contribution is -2.12. The molecule has 7 heteroatoms. The lowest BCUT2D eigenvalue weighted by atomic mass is 10.1. The Bertz CT molecular complexity index is 988. The van der Waals surface area contributed by atoms with Crippen molar-refractivity contribution in [1.29, 1.82) is 0 Å². The molecule has 0 atom stereocenters. The summed E-state index contributed by atoms with van der Waals surface area (Å²) in [6, 6.07) is 11.1. The molecule has 0 bridgehead atoms. The number of hydrogen-bond donors (Lipinski definition) is 4. The fraction of sp³-hybridized carbons (Fsp3) is 0.0556. The summed E-state index contributed by atoms with van der Waals surface area (Å²) in [5, 5.41) is 6.98. The van der Waals surface area contributed by atoms with E-state index in [1.165, 1.54) is 0 Å². The zero-order chi connectivity index (χ0) is 17.1. The minimum Gasteiger partial charge on any atom is -0.352 e. The first-order valence-electron chi connectivity index (χ1n) is 7.85. The van der Waals surface area contributed by atoms with Gasteiger partial charge in [-0.05, 0) is 29.8 Å². The summed E-state index contributed by atoms with van der Waals surface area (Å²) in [5.74, 6) is 0.564. The number of aromatic amines is 2. The van der Waals surface area contributed by atoms with Gasteiger partial charge in [0.15, 0.2) is 5.95 Å². The number of imidazole rings is 1. The van der Waals surface area contributed by atoms with E-state index in [0.29, 0.717) is 12.1 Å². The fourth-order valence-electron chi connectivity index (χ4n) is 2.59. The average molecular weight is 332 g/mol. The molecule has 4 aromatic rings. The van der Waals surface area contributed by atoms with Crippen molar-refractivity contribution < 1.29 is 4.79 Å². The zero-order valence-electron chi connectivity index (χ0n) is 13.3. The summed E-state index contributed by atoms with van der Waals surface area (Å²) < 4.78 is 0. The Hall–Kier alpha value is -3.61. The maximum Gasteiger partial charge on any atom is 0.255 e. The molecule has 0 aliphatic heterocycles. The standard InChI is InChI=1S/C18H16N6O/c25-17(24-15-6-8-20-16-14(15)5-7-19-16)13-3-1-12(2-4-13)11-23-18-21-9-10-22-18/h1-10H,11H2,(H2,21,22,23)(H2,19,20,24,25). The molecule has 0 radical (unpaired) electrons. The molecule has 1 amide bonds. The van der Waals surface area contributed by atoms with Crippen molar-refractivity contribution in [3.8, 4) is 0 Å². The van der Waals surface area contributed by atoms with E-state index < -0.39 is 0 Å². The molecule has 124 valence electrons. The van der Waals surface area contributed by atoms with Gasteiger partial charge in [0.05, 0.1) is 5.69 Å². The summed E-state index contributed by atoms with van der Waals surface area (Å²) in [5.41, 5.74) is 3.14. The van der Waals surface area contributed by atoms with Crippen LogP contribution in [0.25, 0.3) is 11.0 Å². The summed E-state index contributed by atoms with van der Waals surface area (Å²) in [6.07, 6.45) is 6.92. The van der Waals surface area contributed by atoms with Gasteiger partial charge in [-0.2, -0.15) is 0 Å². The smallest absolute Gasteiger partial charge is 0.255 e. The Morgan fingerprint density at radius 2 is 1.84 bits per heavy atom. The molecule has 25 heavy (non-hydrogen) atoms. The van der Waals surface area contributed by atoms with Crippen LogP contribution >= 0.6 is 0 Å². The second-order valence-corrected chi connectivity index (χ2v) is 5.54. The Morgan fingerprint density at radius 3 is 2.64 bits per heavy atom. The van der Waals surface area contributed by atoms with Gasteiger partial charge in [-0.15, -0.1) is 0 Å². The van der Waals surface area contributed by atoms with Crippen LogP contribution in [0.2, 0.25) is 0 Å². The molecule has 4 N–H and O–H groups in total. The van der Waals surface area contributed by atoms with Crippen LogP contribution in [0.1, 0.15) is 15.9 Å². The van der Waals surface area contributed by atoms with E-state index >= 15 is 0 Å². The number of benzene rings is 1. The third kappa shape index (κ3) is 3.20. The van der Waals surface area contributed by atoms with E-state index in [9.17, 15) is 4.79 Å². The largest absolute Gasteiger partial charge is 0.352 e. The van der Waals surface area contributed by atoms with E-state index in [-0.39, 0.29) is 5.91 Å². The van der Waals surface area contributed by atoms with Gasteiger partial charge in [-0.3, -0.25) is 4.79 Å². The minimum absolute atomic E-state index is 0.153. The van der Waals surface area contributed by atoms with Crippen LogP contribution in [0.4, 0.5) is 11.6 Å². The highest BCUT2D eigenvalue weighted by molar-refractivity contribution is 6.08. The Labute approximate surface area is 143 Å². The SMILES string of the molecule is O=C(Nc1ccnc2[nH]ccc12)c1ccc(CNc2ncc[nH]2)cc1. The number of H-pyrrole nitrogens is 2. The molecule has 0 unspecified atom stereocenters. The van der Waals surface area contributed by atoms with E-state index in [4.69, 9.17) is 0 Å². The van der Waals surface area contributed by atoms with E-state index in [0.717, 1.165) is 28.2 Å². The summed E-state index contributed by atoms with van der Waals surface area (Å²) in [6.45, 7) is 0.629. The lowest BCUT2D eigenvalue weighted by molar-refractivity contribution is 0.102. The Morgan fingerprint density at radius 1 is 0.960 bits per heavy atom. The summed E-state index contributed by atoms with van der Waals surface area (Å²) in [7, 11) is 0. The molecular weight excluding hydrogens is 316 g/mol. The lowest BCUT2D eigenvalue weighted by Gasteiger charge is -2.08. The number of fused-ring (bicyclic) bond motifs is 1. The predicted octanol–water partition coefficient (Wildman–Crippen LogP) is 3.15. The number of amides is 1. The number of aromatic nitrogens is 4. The number of carbonyl (C=O) groups excluding carboxylic acids is 1. The van der Waals surface area contributed by atoms with Crippen molar-refractivity contribution in [1.82, 2.24) is 19.9 Å². The molecule has 0 spiro atoms. The van der Waals surface area contributed by atoms with Crippen molar-refractivity contribution in [2.75, 3.05) is 10.6 Å². The molecular formula is C18H16N6O. The van der Waals surface area contributed by atoms with Gasteiger partial charge in [-0.25, -0.2) is 9.97 Å². The van der Waals surface area contributed by atoms with Crippen molar-refractivity contribution in [3.63, 3.8) is 0 Å². The van der Waals surface area contributed by atoms with Crippen molar-refractivity contribution >= 4 is 28.6 Å². The van der Waals surface area contributed by atoms with Gasteiger partial charge in [0.25, 0.3) is 5.91 Å². The maximum atomic E-state index is 12.5. The zero-order valence-corrected chi connectivity index (χ0v) is 13.3. The van der Waals surface area contributed by atoms with Gasteiger partial charge >= 0.3 is 0 Å². The molecule has 0 aliphatic rings. The monoisotopic (exact) mass is 332 g/mol. The maximum absolute atomic E-state index is 12.5. The summed E-state index contributed by atoms with van der Waals surface area (Å²) >= 11 is 0. The first kappa shape index (κ1) is 14.9. The Balaban J connectivity index is 1.44. The fourth-order valence-corrected chi connectivity index (χ4v) is 2.59. The van der Waals surface area contributed by atoms with Gasteiger partial charge in [0.2, 0.25) is 0 Å². The van der Waals surface area contributed by atoms with Gasteiger partial charge in [0.1, 0.15) is 5.65 Å². The number of nitrogens with zero attached hydrogens (tertiary/aromatic N) is 2. The highest BCUT2D eigenvalue weighted by atomic mass is 16.1. The highest BCUT2D eigenvalue weighted by Gasteiger charge is 2.09. The Kier molecular flexibility index (Phi) is 3.88. The number of pyridine rings is 1. The molecule has 3 heterocycles. The topological polar surface area (TPSA) is 98.5 Å².